The normalized spacial score (nSPS) is 18.9. The lowest BCUT2D eigenvalue weighted by atomic mass is 10.0. The molecule has 0 saturated carbocycles. The van der Waals surface area contributed by atoms with Crippen molar-refractivity contribution in [1.82, 2.24) is 15.5 Å². The van der Waals surface area contributed by atoms with Crippen LogP contribution in [-0.2, 0) is 4.79 Å². The van der Waals surface area contributed by atoms with Gasteiger partial charge in [0.15, 0.2) is 0 Å². The Kier molecular flexibility index (Phi) is 5.57. The Hall–Kier alpha value is -0.910. The van der Waals surface area contributed by atoms with Gasteiger partial charge in [0.2, 0.25) is 5.91 Å². The van der Waals surface area contributed by atoms with Crippen molar-refractivity contribution in [2.45, 2.75) is 38.8 Å². The molecule has 0 radical (unpaired) electrons. The first-order valence-electron chi connectivity index (χ1n) is 7.33. The summed E-state index contributed by atoms with van der Waals surface area (Å²) < 4.78 is 0. The van der Waals surface area contributed by atoms with Crippen LogP contribution in [0.2, 0.25) is 0 Å². The van der Waals surface area contributed by atoms with Gasteiger partial charge in [0.1, 0.15) is 0 Å². The molecule has 1 aliphatic heterocycles. The van der Waals surface area contributed by atoms with Crippen molar-refractivity contribution in [3.8, 4) is 0 Å². The number of nitrogens with one attached hydrogen (secondary N) is 2. The van der Waals surface area contributed by atoms with Crippen LogP contribution in [0.4, 0.5) is 0 Å². The first-order valence-corrected chi connectivity index (χ1v) is 8.21. The number of piperidine rings is 1. The molecule has 1 saturated heterocycles. The number of hydrogen-bond acceptors (Lipinski definition) is 4. The Labute approximate surface area is 125 Å². The molecular formula is C15H25N3OS. The molecule has 4 nitrogen and oxygen atoms in total. The van der Waals surface area contributed by atoms with Crippen LogP contribution in [0.25, 0.3) is 0 Å². The monoisotopic (exact) mass is 295 g/mol. The second-order valence-corrected chi connectivity index (χ2v) is 6.53. The van der Waals surface area contributed by atoms with Gasteiger partial charge in [-0.15, -0.1) is 11.3 Å². The summed E-state index contributed by atoms with van der Waals surface area (Å²) in [6.07, 6.45) is 2.23. The summed E-state index contributed by atoms with van der Waals surface area (Å²) in [5.74, 6) is 0.110. The number of hydrogen-bond donors (Lipinski definition) is 2. The lowest BCUT2D eigenvalue weighted by Gasteiger charge is -2.33. The van der Waals surface area contributed by atoms with Crippen molar-refractivity contribution in [3.63, 3.8) is 0 Å². The first-order chi connectivity index (χ1) is 9.60. The fraction of sp³-hybridized carbons (Fsp3) is 0.667. The van der Waals surface area contributed by atoms with Gasteiger partial charge < -0.3 is 10.6 Å². The van der Waals surface area contributed by atoms with Crippen molar-refractivity contribution < 1.29 is 4.79 Å². The Morgan fingerprint density at radius 1 is 1.50 bits per heavy atom. The maximum Gasteiger partial charge on any atom is 0.233 e. The van der Waals surface area contributed by atoms with E-state index in [1.165, 1.54) is 10.4 Å². The van der Waals surface area contributed by atoms with Crippen molar-refractivity contribution in [1.29, 1.82) is 0 Å². The van der Waals surface area contributed by atoms with Gasteiger partial charge in [0.05, 0.1) is 6.54 Å². The van der Waals surface area contributed by atoms with E-state index in [0.717, 1.165) is 25.9 Å². The van der Waals surface area contributed by atoms with Crippen LogP contribution < -0.4 is 10.6 Å². The highest BCUT2D eigenvalue weighted by Gasteiger charge is 2.22. The Balaban J connectivity index is 1.77. The van der Waals surface area contributed by atoms with Gasteiger partial charge in [0.25, 0.3) is 0 Å². The molecule has 1 aliphatic rings. The van der Waals surface area contributed by atoms with E-state index < -0.39 is 0 Å². The number of carbonyl (C=O) groups is 1. The van der Waals surface area contributed by atoms with Gasteiger partial charge in [-0.05, 0) is 43.7 Å². The quantitative estimate of drug-likeness (QED) is 0.872. The van der Waals surface area contributed by atoms with Crippen LogP contribution in [0.1, 0.15) is 36.2 Å². The number of carbonyl (C=O) groups excluding carboxylic acids is 1. The van der Waals surface area contributed by atoms with Crippen LogP contribution >= 0.6 is 11.3 Å². The zero-order chi connectivity index (χ0) is 14.5. The minimum Gasteiger partial charge on any atom is -0.358 e. The van der Waals surface area contributed by atoms with Gasteiger partial charge in [-0.2, -0.15) is 0 Å². The van der Waals surface area contributed by atoms with E-state index in [2.05, 4.69) is 40.8 Å². The second kappa shape index (κ2) is 7.20. The molecule has 1 aromatic heterocycles. The maximum atomic E-state index is 11.4. The average molecular weight is 295 g/mol. The van der Waals surface area contributed by atoms with Crippen molar-refractivity contribution in [3.05, 3.63) is 21.9 Å². The van der Waals surface area contributed by atoms with Crippen molar-refractivity contribution in [2.75, 3.05) is 26.7 Å². The highest BCUT2D eigenvalue weighted by molar-refractivity contribution is 7.10. The largest absolute Gasteiger partial charge is 0.358 e. The number of aryl methyl sites for hydroxylation is 1. The molecule has 1 atom stereocenters. The predicted molar refractivity (Wildman–Crippen MR) is 84.1 cm³/mol. The molecule has 20 heavy (non-hydrogen) atoms. The van der Waals surface area contributed by atoms with E-state index in [9.17, 15) is 4.79 Å². The minimum absolute atomic E-state index is 0.110. The molecule has 1 aromatic rings. The number of amides is 1. The Bertz CT molecular complexity index is 438. The van der Waals surface area contributed by atoms with Gasteiger partial charge in [-0.25, -0.2) is 0 Å². The molecule has 2 rings (SSSR count). The highest BCUT2D eigenvalue weighted by Crippen LogP contribution is 2.25. The van der Waals surface area contributed by atoms with Crippen molar-refractivity contribution >= 4 is 17.2 Å². The Morgan fingerprint density at radius 2 is 2.20 bits per heavy atom. The Morgan fingerprint density at radius 3 is 2.75 bits per heavy atom. The van der Waals surface area contributed by atoms with E-state index in [1.807, 2.05) is 11.3 Å². The summed E-state index contributed by atoms with van der Waals surface area (Å²) in [5, 5.41) is 8.58. The van der Waals surface area contributed by atoms with E-state index >= 15 is 0 Å². The molecule has 1 amide bonds. The van der Waals surface area contributed by atoms with Crippen LogP contribution in [-0.4, -0.2) is 43.5 Å². The molecule has 0 bridgehead atoms. The summed E-state index contributed by atoms with van der Waals surface area (Å²) in [7, 11) is 1.70. The second-order valence-electron chi connectivity index (χ2n) is 5.58. The molecule has 5 heteroatoms. The molecular weight excluding hydrogens is 270 g/mol. The number of nitrogens with zero attached hydrogens (tertiary/aromatic N) is 1. The van der Waals surface area contributed by atoms with Crippen LogP contribution in [0.5, 0.6) is 0 Å². The lowest BCUT2D eigenvalue weighted by Crippen LogP contribution is -2.46. The van der Waals surface area contributed by atoms with Gasteiger partial charge >= 0.3 is 0 Å². The summed E-state index contributed by atoms with van der Waals surface area (Å²) in [4.78, 5) is 15.0. The van der Waals surface area contributed by atoms with Gasteiger partial charge in [0, 0.05) is 37.1 Å². The summed E-state index contributed by atoms with van der Waals surface area (Å²) in [6.45, 7) is 6.96. The molecule has 0 aliphatic carbocycles. The number of likely N-dealkylation sites (N-methyl/N-ethyl adjacent to an activating group) is 1. The maximum absolute atomic E-state index is 11.4. The minimum atomic E-state index is 0.110. The SMILES string of the molecule is CNC(=O)CN1CCC(NC(C)c2sccc2C)CC1. The van der Waals surface area contributed by atoms with E-state index in [0.29, 0.717) is 18.6 Å². The predicted octanol–water partition coefficient (Wildman–Crippen LogP) is 1.92. The smallest absolute Gasteiger partial charge is 0.233 e. The molecule has 1 fully saturated rings. The van der Waals surface area contributed by atoms with E-state index in [4.69, 9.17) is 0 Å². The summed E-state index contributed by atoms with van der Waals surface area (Å²) in [5.41, 5.74) is 1.38. The number of rotatable bonds is 5. The molecule has 2 heterocycles. The summed E-state index contributed by atoms with van der Waals surface area (Å²) >= 11 is 1.83. The number of likely N-dealkylation sites (tertiary alicyclic amines) is 1. The molecule has 1 unspecified atom stereocenters. The lowest BCUT2D eigenvalue weighted by molar-refractivity contribution is -0.122. The van der Waals surface area contributed by atoms with Gasteiger partial charge in [-0.3, -0.25) is 9.69 Å². The van der Waals surface area contributed by atoms with Crippen LogP contribution in [0.15, 0.2) is 11.4 Å². The first kappa shape index (κ1) is 15.5. The fourth-order valence-electron chi connectivity index (χ4n) is 2.80. The molecule has 112 valence electrons. The standard InChI is InChI=1S/C15H25N3OS/c1-11-6-9-20-15(11)12(2)17-13-4-7-18(8-5-13)10-14(19)16-3/h6,9,12-13,17H,4-5,7-8,10H2,1-3H3,(H,16,19). The molecule has 0 spiro atoms. The topological polar surface area (TPSA) is 44.4 Å². The third-order valence-electron chi connectivity index (χ3n) is 4.01. The third kappa shape index (κ3) is 4.04. The number of thiophene rings is 1. The third-order valence-corrected chi connectivity index (χ3v) is 5.22. The van der Waals surface area contributed by atoms with Crippen molar-refractivity contribution in [2.24, 2.45) is 0 Å². The van der Waals surface area contributed by atoms with Crippen LogP contribution in [0, 0.1) is 6.92 Å². The van der Waals surface area contributed by atoms with E-state index in [1.54, 1.807) is 7.05 Å². The van der Waals surface area contributed by atoms with Crippen LogP contribution in [0.3, 0.4) is 0 Å². The van der Waals surface area contributed by atoms with E-state index in [-0.39, 0.29) is 5.91 Å². The average Bonchev–Trinajstić information content (AvgIpc) is 2.87. The zero-order valence-electron chi connectivity index (χ0n) is 12.6. The van der Waals surface area contributed by atoms with Gasteiger partial charge in [-0.1, -0.05) is 0 Å². The molecule has 0 aromatic carbocycles. The zero-order valence-corrected chi connectivity index (χ0v) is 13.4. The fourth-order valence-corrected chi connectivity index (χ4v) is 3.74. The molecule has 2 N–H and O–H groups in total. The summed E-state index contributed by atoms with van der Waals surface area (Å²) in [6, 6.07) is 3.17. The highest BCUT2D eigenvalue weighted by atomic mass is 32.1.